The van der Waals surface area contributed by atoms with Crippen molar-refractivity contribution in [3.8, 4) is 0 Å². The van der Waals surface area contributed by atoms with E-state index in [1.807, 2.05) is 6.07 Å². The molecule has 1 fully saturated rings. The van der Waals surface area contributed by atoms with Crippen molar-refractivity contribution in [2.75, 3.05) is 14.2 Å². The van der Waals surface area contributed by atoms with Crippen molar-refractivity contribution in [1.29, 1.82) is 0 Å². The van der Waals surface area contributed by atoms with Crippen molar-refractivity contribution < 1.29 is 28.6 Å². The Hall–Kier alpha value is -3.13. The fourth-order valence-electron chi connectivity index (χ4n) is 4.77. The molecule has 0 N–H and O–H groups in total. The number of ketones is 1. The van der Waals surface area contributed by atoms with Gasteiger partial charge >= 0.3 is 11.9 Å². The van der Waals surface area contributed by atoms with Crippen LogP contribution in [0.5, 0.6) is 0 Å². The molecule has 0 amide bonds. The number of fused-ring (bicyclic) bond motifs is 5. The van der Waals surface area contributed by atoms with Gasteiger partial charge in [-0.2, -0.15) is 0 Å². The standard InChI is InChI=1S/C21H20N2O6/c1-12(24)11-20-14(18(25)27-2)15(19(26)28-3)21(29-20,13-7-5-4-6-8-13)17-16(20)22-9-10-23-17/h4-10,14-15H,11H2,1-3H3/t14-,15+,20+,21-/m0/s1. The van der Waals surface area contributed by atoms with Crippen LogP contribution < -0.4 is 0 Å². The number of carbonyl (C=O) groups excluding carboxylic acids is 3. The molecule has 0 unspecified atom stereocenters. The van der Waals surface area contributed by atoms with Crippen LogP contribution in [0.2, 0.25) is 0 Å². The lowest BCUT2D eigenvalue weighted by molar-refractivity contribution is -0.161. The second-order valence-electron chi connectivity index (χ2n) is 7.23. The molecule has 0 saturated carbocycles. The first-order chi connectivity index (χ1) is 13.9. The third-order valence-electron chi connectivity index (χ3n) is 5.69. The molecule has 0 radical (unpaired) electrons. The Morgan fingerprint density at radius 2 is 1.55 bits per heavy atom. The number of hydrogen-bond donors (Lipinski definition) is 0. The van der Waals surface area contributed by atoms with Gasteiger partial charge in [0.25, 0.3) is 0 Å². The maximum atomic E-state index is 13.0. The summed E-state index contributed by atoms with van der Waals surface area (Å²) in [5.74, 6) is -3.74. The predicted octanol–water partition coefficient (Wildman–Crippen LogP) is 1.52. The molecule has 2 bridgehead atoms. The highest BCUT2D eigenvalue weighted by Gasteiger charge is 2.77. The Labute approximate surface area is 167 Å². The summed E-state index contributed by atoms with van der Waals surface area (Å²) < 4.78 is 16.6. The van der Waals surface area contributed by atoms with Gasteiger partial charge in [-0.25, -0.2) is 0 Å². The van der Waals surface area contributed by atoms with Gasteiger partial charge in [0.1, 0.15) is 28.9 Å². The molecule has 150 valence electrons. The van der Waals surface area contributed by atoms with Crippen LogP contribution in [0.3, 0.4) is 0 Å². The smallest absolute Gasteiger partial charge is 0.313 e. The number of esters is 2. The Morgan fingerprint density at radius 1 is 0.966 bits per heavy atom. The minimum atomic E-state index is -1.47. The van der Waals surface area contributed by atoms with E-state index >= 15 is 0 Å². The van der Waals surface area contributed by atoms with E-state index in [-0.39, 0.29) is 12.2 Å². The molecule has 0 spiro atoms. The van der Waals surface area contributed by atoms with Gasteiger partial charge in [-0.1, -0.05) is 30.3 Å². The van der Waals surface area contributed by atoms with Gasteiger partial charge in [0.15, 0.2) is 5.60 Å². The van der Waals surface area contributed by atoms with Crippen LogP contribution in [0.25, 0.3) is 0 Å². The second-order valence-corrected chi connectivity index (χ2v) is 7.23. The molecule has 2 aliphatic heterocycles. The van der Waals surface area contributed by atoms with E-state index in [4.69, 9.17) is 14.2 Å². The quantitative estimate of drug-likeness (QED) is 0.701. The summed E-state index contributed by atoms with van der Waals surface area (Å²) in [4.78, 5) is 47.1. The zero-order valence-electron chi connectivity index (χ0n) is 16.2. The van der Waals surface area contributed by atoms with Crippen LogP contribution in [0, 0.1) is 11.8 Å². The van der Waals surface area contributed by atoms with Gasteiger partial charge in [-0.15, -0.1) is 0 Å². The predicted molar refractivity (Wildman–Crippen MR) is 98.3 cm³/mol. The molecule has 4 atom stereocenters. The number of Topliss-reactive ketones (excluding diaryl/α,β-unsaturated/α-hetero) is 1. The number of carbonyl (C=O) groups is 3. The summed E-state index contributed by atoms with van der Waals surface area (Å²) in [5, 5.41) is 0. The summed E-state index contributed by atoms with van der Waals surface area (Å²) in [5.41, 5.74) is -1.50. The molecule has 29 heavy (non-hydrogen) atoms. The van der Waals surface area contributed by atoms with Crippen molar-refractivity contribution >= 4 is 17.7 Å². The Kier molecular flexibility index (Phi) is 4.46. The Morgan fingerprint density at radius 3 is 2.14 bits per heavy atom. The van der Waals surface area contributed by atoms with E-state index in [0.29, 0.717) is 17.0 Å². The molecule has 1 aromatic heterocycles. The summed E-state index contributed by atoms with van der Waals surface area (Å²) in [6.07, 6.45) is 2.82. The topological polar surface area (TPSA) is 105 Å². The average Bonchev–Trinajstić information content (AvgIpc) is 3.20. The molecule has 1 saturated heterocycles. The molecule has 1 aromatic carbocycles. The molecular weight excluding hydrogens is 376 g/mol. The van der Waals surface area contributed by atoms with E-state index in [9.17, 15) is 14.4 Å². The zero-order chi connectivity index (χ0) is 20.8. The first-order valence-corrected chi connectivity index (χ1v) is 9.15. The maximum absolute atomic E-state index is 13.0. The first kappa shape index (κ1) is 19.2. The summed E-state index contributed by atoms with van der Waals surface area (Å²) in [6.45, 7) is 1.40. The largest absolute Gasteiger partial charge is 0.469 e. The molecule has 8 nitrogen and oxygen atoms in total. The van der Waals surface area contributed by atoms with Crippen LogP contribution >= 0.6 is 0 Å². The highest BCUT2D eigenvalue weighted by molar-refractivity contribution is 5.89. The van der Waals surface area contributed by atoms with Crippen molar-refractivity contribution in [3.05, 3.63) is 59.7 Å². The lowest BCUT2D eigenvalue weighted by atomic mass is 9.63. The van der Waals surface area contributed by atoms with E-state index < -0.39 is 35.0 Å². The van der Waals surface area contributed by atoms with Crippen LogP contribution in [0.4, 0.5) is 0 Å². The van der Waals surface area contributed by atoms with E-state index in [1.165, 1.54) is 33.5 Å². The number of hydrogen-bond acceptors (Lipinski definition) is 8. The molecule has 2 aliphatic rings. The van der Waals surface area contributed by atoms with Gasteiger partial charge < -0.3 is 14.2 Å². The highest BCUT2D eigenvalue weighted by atomic mass is 16.6. The second kappa shape index (κ2) is 6.73. The molecule has 0 aliphatic carbocycles. The van der Waals surface area contributed by atoms with Gasteiger partial charge in [0, 0.05) is 18.8 Å². The third-order valence-corrected chi connectivity index (χ3v) is 5.69. The summed E-state index contributed by atoms with van der Waals surface area (Å²) in [6, 6.07) is 9.01. The number of benzene rings is 1. The fraction of sp³-hybridized carbons (Fsp3) is 0.381. The number of nitrogens with zero attached hydrogens (tertiary/aromatic N) is 2. The average molecular weight is 396 g/mol. The number of methoxy groups -OCH3 is 2. The van der Waals surface area contributed by atoms with Crippen LogP contribution in [0.1, 0.15) is 30.3 Å². The molecule has 3 heterocycles. The normalized spacial score (nSPS) is 29.2. The van der Waals surface area contributed by atoms with Gasteiger partial charge in [-0.3, -0.25) is 24.4 Å². The first-order valence-electron chi connectivity index (χ1n) is 9.15. The number of rotatable bonds is 5. The highest BCUT2D eigenvalue weighted by Crippen LogP contribution is 2.66. The molecular formula is C21H20N2O6. The van der Waals surface area contributed by atoms with Crippen LogP contribution in [-0.4, -0.2) is 41.9 Å². The summed E-state index contributed by atoms with van der Waals surface area (Å²) >= 11 is 0. The molecule has 8 heteroatoms. The Bertz CT molecular complexity index is 994. The fourth-order valence-corrected chi connectivity index (χ4v) is 4.77. The molecule has 2 aromatic rings. The lowest BCUT2D eigenvalue weighted by Gasteiger charge is -2.35. The van der Waals surface area contributed by atoms with Crippen LogP contribution in [0.15, 0.2) is 42.7 Å². The van der Waals surface area contributed by atoms with E-state index in [0.717, 1.165) is 0 Å². The van der Waals surface area contributed by atoms with Crippen molar-refractivity contribution in [2.24, 2.45) is 11.8 Å². The minimum Gasteiger partial charge on any atom is -0.469 e. The summed E-state index contributed by atoms with van der Waals surface area (Å²) in [7, 11) is 2.48. The SMILES string of the molecule is COC(=O)[C@@H]1[C@H](C(=O)OC)[C@]2(c3ccccc3)O[C@@]1(CC(C)=O)c1nccnc12. The maximum Gasteiger partial charge on any atom is 0.313 e. The lowest BCUT2D eigenvalue weighted by Crippen LogP contribution is -2.49. The molecule has 4 rings (SSSR count). The third kappa shape index (κ3) is 2.45. The van der Waals surface area contributed by atoms with Crippen LogP contribution in [-0.2, 0) is 39.8 Å². The van der Waals surface area contributed by atoms with E-state index in [2.05, 4.69) is 9.97 Å². The monoisotopic (exact) mass is 396 g/mol. The van der Waals surface area contributed by atoms with Crippen molar-refractivity contribution in [2.45, 2.75) is 24.5 Å². The number of aromatic nitrogens is 2. The van der Waals surface area contributed by atoms with Gasteiger partial charge in [0.2, 0.25) is 0 Å². The van der Waals surface area contributed by atoms with Gasteiger partial charge in [-0.05, 0) is 12.5 Å². The van der Waals surface area contributed by atoms with E-state index in [1.54, 1.807) is 24.3 Å². The zero-order valence-corrected chi connectivity index (χ0v) is 16.2. The van der Waals surface area contributed by atoms with Gasteiger partial charge in [0.05, 0.1) is 19.9 Å². The number of ether oxygens (including phenoxy) is 3. The van der Waals surface area contributed by atoms with Crippen molar-refractivity contribution in [3.63, 3.8) is 0 Å². The minimum absolute atomic E-state index is 0.152. The Balaban J connectivity index is 2.09. The van der Waals surface area contributed by atoms with Crippen molar-refractivity contribution in [1.82, 2.24) is 9.97 Å².